The molecule has 0 spiro atoms. The molecule has 2 N–H and O–H groups in total. The number of carbonyl (C=O) groups excluding carboxylic acids is 1. The van der Waals surface area contributed by atoms with Gasteiger partial charge >= 0.3 is 0 Å². The molecule has 16 heavy (non-hydrogen) atoms. The van der Waals surface area contributed by atoms with E-state index >= 15 is 0 Å². The summed E-state index contributed by atoms with van der Waals surface area (Å²) in [4.78, 5) is 12.9. The lowest BCUT2D eigenvalue weighted by Gasteiger charge is -2.02. The molecule has 0 aromatic carbocycles. The summed E-state index contributed by atoms with van der Waals surface area (Å²) >= 11 is 1.60. The Morgan fingerprint density at radius 3 is 3.12 bits per heavy atom. The predicted octanol–water partition coefficient (Wildman–Crippen LogP) is 2.03. The number of H-pyrrole nitrogens is 1. The van der Waals surface area contributed by atoms with Gasteiger partial charge < -0.3 is 5.32 Å². The average molecular weight is 233 g/mol. The standard InChI is InChI=1S/C11H11N3OS/c15-11(13-7-3-4-7)8-6-12-14-10(8)9-2-1-5-16-9/h1-2,5-7H,3-4H2,(H,12,14)(H,13,15). The van der Waals surface area contributed by atoms with Crippen LogP contribution >= 0.6 is 11.3 Å². The molecule has 1 aliphatic carbocycles. The van der Waals surface area contributed by atoms with Crippen LogP contribution in [0.2, 0.25) is 0 Å². The number of rotatable bonds is 3. The van der Waals surface area contributed by atoms with Crippen molar-refractivity contribution >= 4 is 17.2 Å². The minimum atomic E-state index is -0.0281. The second-order valence-corrected chi connectivity index (χ2v) is 4.83. The maximum Gasteiger partial charge on any atom is 0.255 e. The molecule has 0 aliphatic heterocycles. The van der Waals surface area contributed by atoms with Gasteiger partial charge in [0, 0.05) is 6.04 Å². The third kappa shape index (κ3) is 1.74. The maximum atomic E-state index is 11.9. The van der Waals surface area contributed by atoms with Crippen LogP contribution in [0, 0.1) is 0 Å². The van der Waals surface area contributed by atoms with Gasteiger partial charge in [0.25, 0.3) is 5.91 Å². The van der Waals surface area contributed by atoms with Crippen molar-refractivity contribution in [2.75, 3.05) is 0 Å². The molecule has 1 aliphatic rings. The van der Waals surface area contributed by atoms with Crippen LogP contribution in [0.1, 0.15) is 23.2 Å². The van der Waals surface area contributed by atoms with Crippen molar-refractivity contribution < 1.29 is 4.79 Å². The normalized spacial score (nSPS) is 15.0. The molecule has 0 bridgehead atoms. The molecular formula is C11H11N3OS. The minimum Gasteiger partial charge on any atom is -0.349 e. The van der Waals surface area contributed by atoms with Crippen molar-refractivity contribution in [1.29, 1.82) is 0 Å². The second-order valence-electron chi connectivity index (χ2n) is 3.88. The van der Waals surface area contributed by atoms with E-state index in [1.165, 1.54) is 0 Å². The minimum absolute atomic E-state index is 0.0281. The Hall–Kier alpha value is -1.62. The molecular weight excluding hydrogens is 222 g/mol. The lowest BCUT2D eigenvalue weighted by atomic mass is 10.2. The molecule has 2 aromatic heterocycles. The molecule has 3 rings (SSSR count). The van der Waals surface area contributed by atoms with Gasteiger partial charge in [-0.15, -0.1) is 11.3 Å². The van der Waals surface area contributed by atoms with Crippen LogP contribution in [-0.4, -0.2) is 22.1 Å². The Morgan fingerprint density at radius 1 is 1.56 bits per heavy atom. The topological polar surface area (TPSA) is 57.8 Å². The first-order valence-electron chi connectivity index (χ1n) is 5.22. The monoisotopic (exact) mass is 233 g/mol. The fraction of sp³-hybridized carbons (Fsp3) is 0.273. The Labute approximate surface area is 96.7 Å². The van der Waals surface area contributed by atoms with Crippen LogP contribution in [0.5, 0.6) is 0 Å². The summed E-state index contributed by atoms with van der Waals surface area (Å²) in [5.74, 6) is -0.0281. The number of thiophene rings is 1. The lowest BCUT2D eigenvalue weighted by Crippen LogP contribution is -2.25. The van der Waals surface area contributed by atoms with Gasteiger partial charge in [-0.05, 0) is 24.3 Å². The highest BCUT2D eigenvalue weighted by Crippen LogP contribution is 2.26. The zero-order chi connectivity index (χ0) is 11.0. The number of nitrogens with one attached hydrogen (secondary N) is 2. The highest BCUT2D eigenvalue weighted by atomic mass is 32.1. The van der Waals surface area contributed by atoms with Crippen LogP contribution in [0.4, 0.5) is 0 Å². The molecule has 1 fully saturated rings. The number of hydrogen-bond donors (Lipinski definition) is 2. The predicted molar refractivity (Wildman–Crippen MR) is 62.4 cm³/mol. The summed E-state index contributed by atoms with van der Waals surface area (Å²) in [5, 5.41) is 11.8. The number of hydrogen-bond acceptors (Lipinski definition) is 3. The van der Waals surface area contributed by atoms with Crippen LogP contribution in [0.15, 0.2) is 23.7 Å². The maximum absolute atomic E-state index is 11.9. The highest BCUT2D eigenvalue weighted by Gasteiger charge is 2.25. The van der Waals surface area contributed by atoms with Crippen LogP contribution < -0.4 is 5.32 Å². The number of aromatic amines is 1. The first-order chi connectivity index (χ1) is 7.84. The molecule has 4 nitrogen and oxygen atoms in total. The van der Waals surface area contributed by atoms with Crippen molar-refractivity contribution in [2.45, 2.75) is 18.9 Å². The third-order valence-corrected chi connectivity index (χ3v) is 3.45. The van der Waals surface area contributed by atoms with Gasteiger partial charge in [-0.3, -0.25) is 9.89 Å². The van der Waals surface area contributed by atoms with Crippen molar-refractivity contribution in [3.05, 3.63) is 29.3 Å². The number of nitrogens with zero attached hydrogens (tertiary/aromatic N) is 1. The average Bonchev–Trinajstić information content (AvgIpc) is 2.84. The van der Waals surface area contributed by atoms with Crippen LogP contribution in [-0.2, 0) is 0 Å². The van der Waals surface area contributed by atoms with E-state index in [2.05, 4.69) is 15.5 Å². The molecule has 0 atom stereocenters. The first kappa shape index (κ1) is 9.59. The van der Waals surface area contributed by atoms with E-state index < -0.39 is 0 Å². The quantitative estimate of drug-likeness (QED) is 0.852. The van der Waals surface area contributed by atoms with Crippen molar-refractivity contribution in [3.63, 3.8) is 0 Å². The molecule has 0 radical (unpaired) electrons. The smallest absolute Gasteiger partial charge is 0.255 e. The Morgan fingerprint density at radius 2 is 2.44 bits per heavy atom. The fourth-order valence-electron chi connectivity index (χ4n) is 1.56. The first-order valence-corrected chi connectivity index (χ1v) is 6.10. The summed E-state index contributed by atoms with van der Waals surface area (Å²) in [7, 11) is 0. The summed E-state index contributed by atoms with van der Waals surface area (Å²) in [6, 6.07) is 4.31. The van der Waals surface area contributed by atoms with Gasteiger partial charge in [0.2, 0.25) is 0 Å². The third-order valence-electron chi connectivity index (χ3n) is 2.56. The summed E-state index contributed by atoms with van der Waals surface area (Å²) < 4.78 is 0. The van der Waals surface area contributed by atoms with Gasteiger partial charge in [0.15, 0.2) is 0 Å². The van der Waals surface area contributed by atoms with E-state index in [0.29, 0.717) is 11.6 Å². The molecule has 1 saturated carbocycles. The molecule has 2 heterocycles. The largest absolute Gasteiger partial charge is 0.349 e. The van der Waals surface area contributed by atoms with Gasteiger partial charge in [0.05, 0.1) is 22.3 Å². The summed E-state index contributed by atoms with van der Waals surface area (Å²) in [6.07, 6.45) is 3.78. The summed E-state index contributed by atoms with van der Waals surface area (Å²) in [5.41, 5.74) is 1.45. The summed E-state index contributed by atoms with van der Waals surface area (Å²) in [6.45, 7) is 0. The SMILES string of the molecule is O=C(NC1CC1)c1cn[nH]c1-c1cccs1. The van der Waals surface area contributed by atoms with Crippen molar-refractivity contribution in [2.24, 2.45) is 0 Å². The van der Waals surface area contributed by atoms with Crippen LogP contribution in [0.25, 0.3) is 10.6 Å². The highest BCUT2D eigenvalue weighted by molar-refractivity contribution is 7.13. The fourth-order valence-corrected chi connectivity index (χ4v) is 2.29. The van der Waals surface area contributed by atoms with E-state index in [1.807, 2.05) is 17.5 Å². The zero-order valence-electron chi connectivity index (χ0n) is 8.56. The Kier molecular flexibility index (Phi) is 2.25. The molecule has 82 valence electrons. The molecule has 1 amide bonds. The molecule has 0 saturated heterocycles. The molecule has 5 heteroatoms. The lowest BCUT2D eigenvalue weighted by molar-refractivity contribution is 0.0952. The molecule has 0 unspecified atom stereocenters. The van der Waals surface area contributed by atoms with E-state index in [0.717, 1.165) is 23.4 Å². The number of carbonyl (C=O) groups is 1. The van der Waals surface area contributed by atoms with E-state index in [4.69, 9.17) is 0 Å². The van der Waals surface area contributed by atoms with Gasteiger partial charge in [-0.2, -0.15) is 5.10 Å². The number of amides is 1. The van der Waals surface area contributed by atoms with Crippen molar-refractivity contribution in [1.82, 2.24) is 15.5 Å². The van der Waals surface area contributed by atoms with Gasteiger partial charge in [0.1, 0.15) is 0 Å². The molecule has 2 aromatic rings. The second kappa shape index (κ2) is 3.75. The Balaban J connectivity index is 1.89. The van der Waals surface area contributed by atoms with E-state index in [9.17, 15) is 4.79 Å². The Bertz CT molecular complexity index is 499. The zero-order valence-corrected chi connectivity index (χ0v) is 9.38. The van der Waals surface area contributed by atoms with E-state index in [1.54, 1.807) is 17.5 Å². The van der Waals surface area contributed by atoms with Gasteiger partial charge in [-0.1, -0.05) is 6.07 Å². The van der Waals surface area contributed by atoms with Crippen LogP contribution in [0.3, 0.4) is 0 Å². The number of aromatic nitrogens is 2. The van der Waals surface area contributed by atoms with Gasteiger partial charge in [-0.25, -0.2) is 0 Å². The van der Waals surface area contributed by atoms with E-state index in [-0.39, 0.29) is 5.91 Å². The van der Waals surface area contributed by atoms with Crippen molar-refractivity contribution in [3.8, 4) is 10.6 Å².